The van der Waals surface area contributed by atoms with Crippen molar-refractivity contribution in [2.45, 2.75) is 26.3 Å². The van der Waals surface area contributed by atoms with Gasteiger partial charge in [0.25, 0.3) is 0 Å². The first-order chi connectivity index (χ1) is 11.1. The molecule has 4 rings (SSSR count). The molecular formula is C22H22Si. The fourth-order valence-electron chi connectivity index (χ4n) is 4.13. The first-order valence-corrected chi connectivity index (χ1v) is 10.9. The van der Waals surface area contributed by atoms with E-state index in [-0.39, 0.29) is 0 Å². The van der Waals surface area contributed by atoms with Gasteiger partial charge >= 0.3 is 0 Å². The van der Waals surface area contributed by atoms with E-state index in [0.29, 0.717) is 5.92 Å². The molecule has 0 N–H and O–H groups in total. The Morgan fingerprint density at radius 2 is 1.35 bits per heavy atom. The molecule has 0 saturated carbocycles. The minimum atomic E-state index is -1.88. The predicted molar refractivity (Wildman–Crippen MR) is 103 cm³/mol. The normalized spacial score (nSPS) is 18.8. The first-order valence-electron chi connectivity index (χ1n) is 8.43. The molecule has 0 bridgehead atoms. The van der Waals surface area contributed by atoms with Crippen molar-refractivity contribution in [2.75, 3.05) is 0 Å². The van der Waals surface area contributed by atoms with Crippen LogP contribution in [-0.4, -0.2) is 8.07 Å². The molecule has 0 amide bonds. The highest BCUT2D eigenvalue weighted by Crippen LogP contribution is 2.34. The van der Waals surface area contributed by atoms with Gasteiger partial charge in [0.2, 0.25) is 0 Å². The fraction of sp³-hybridized carbons (Fsp3) is 0.182. The molecule has 1 aliphatic rings. The highest BCUT2D eigenvalue weighted by atomic mass is 28.3. The molecule has 114 valence electrons. The van der Waals surface area contributed by atoms with Crippen molar-refractivity contribution >= 4 is 23.6 Å². The molecule has 0 aromatic heterocycles. The van der Waals surface area contributed by atoms with Crippen LogP contribution < -0.4 is 15.6 Å². The van der Waals surface area contributed by atoms with Gasteiger partial charge in [-0.1, -0.05) is 93.2 Å². The maximum absolute atomic E-state index is 2.51. The Balaban J connectivity index is 2.11. The summed E-state index contributed by atoms with van der Waals surface area (Å²) >= 11 is 0. The van der Waals surface area contributed by atoms with E-state index >= 15 is 0 Å². The van der Waals surface area contributed by atoms with Gasteiger partial charge in [-0.05, 0) is 38.2 Å². The minimum Gasteiger partial charge on any atom is -0.0624 e. The second kappa shape index (κ2) is 5.21. The van der Waals surface area contributed by atoms with Crippen LogP contribution >= 0.6 is 0 Å². The van der Waals surface area contributed by atoms with Gasteiger partial charge in [-0.15, -0.1) is 0 Å². The highest BCUT2D eigenvalue weighted by Gasteiger charge is 2.43. The SMILES string of the molecule is CC(C)c1cccc2c1-c1ccccc1[Si]2(C)c1ccccc1. The number of fused-ring (bicyclic) bond motifs is 3. The molecule has 3 aromatic rings. The Bertz CT molecular complexity index is 864. The number of rotatable bonds is 2. The third-order valence-electron chi connectivity index (χ3n) is 5.34. The van der Waals surface area contributed by atoms with E-state index in [2.05, 4.69) is 93.2 Å². The lowest BCUT2D eigenvalue weighted by Gasteiger charge is -2.26. The maximum atomic E-state index is 2.51. The zero-order valence-electron chi connectivity index (χ0n) is 14.0. The van der Waals surface area contributed by atoms with Gasteiger partial charge in [0.1, 0.15) is 8.07 Å². The van der Waals surface area contributed by atoms with E-state index in [9.17, 15) is 0 Å². The molecule has 0 fully saturated rings. The molecule has 0 radical (unpaired) electrons. The van der Waals surface area contributed by atoms with E-state index in [1.807, 2.05) is 0 Å². The molecule has 1 heterocycles. The summed E-state index contributed by atoms with van der Waals surface area (Å²) in [6.45, 7) is 7.12. The van der Waals surface area contributed by atoms with Crippen LogP contribution in [0.4, 0.5) is 0 Å². The molecule has 0 aliphatic carbocycles. The molecule has 1 heteroatoms. The van der Waals surface area contributed by atoms with E-state index in [4.69, 9.17) is 0 Å². The zero-order valence-corrected chi connectivity index (χ0v) is 15.0. The summed E-state index contributed by atoms with van der Waals surface area (Å²) in [7, 11) is -1.88. The van der Waals surface area contributed by atoms with Gasteiger partial charge < -0.3 is 0 Å². The van der Waals surface area contributed by atoms with Crippen LogP contribution in [-0.2, 0) is 0 Å². The van der Waals surface area contributed by atoms with Crippen molar-refractivity contribution < 1.29 is 0 Å². The molecule has 0 spiro atoms. The molecule has 1 unspecified atom stereocenters. The Morgan fingerprint density at radius 1 is 0.696 bits per heavy atom. The summed E-state index contributed by atoms with van der Waals surface area (Å²) in [4.78, 5) is 0. The van der Waals surface area contributed by atoms with Crippen LogP contribution in [0.2, 0.25) is 6.55 Å². The summed E-state index contributed by atoms with van der Waals surface area (Å²) in [5.41, 5.74) is 4.46. The third-order valence-corrected chi connectivity index (χ3v) is 9.84. The van der Waals surface area contributed by atoms with Crippen LogP contribution in [0, 0.1) is 0 Å². The number of hydrogen-bond acceptors (Lipinski definition) is 0. The van der Waals surface area contributed by atoms with Gasteiger partial charge in [0.05, 0.1) is 0 Å². The van der Waals surface area contributed by atoms with Crippen molar-refractivity contribution in [3.05, 3.63) is 78.4 Å². The Morgan fingerprint density at radius 3 is 2.09 bits per heavy atom. The summed E-state index contributed by atoms with van der Waals surface area (Å²) < 4.78 is 0. The lowest BCUT2D eigenvalue weighted by Crippen LogP contribution is -2.62. The van der Waals surface area contributed by atoms with Crippen LogP contribution in [0.25, 0.3) is 11.1 Å². The highest BCUT2D eigenvalue weighted by molar-refractivity contribution is 7.13. The van der Waals surface area contributed by atoms with E-state index in [0.717, 1.165) is 0 Å². The van der Waals surface area contributed by atoms with Gasteiger partial charge in [-0.2, -0.15) is 0 Å². The summed E-state index contributed by atoms with van der Waals surface area (Å²) in [6.07, 6.45) is 0. The quantitative estimate of drug-likeness (QED) is 0.630. The maximum Gasteiger partial charge on any atom is 0.147 e. The van der Waals surface area contributed by atoms with E-state index in [1.54, 1.807) is 10.4 Å². The average Bonchev–Trinajstić information content (AvgIpc) is 2.87. The molecule has 23 heavy (non-hydrogen) atoms. The summed E-state index contributed by atoms with van der Waals surface area (Å²) in [6, 6.07) is 27.1. The predicted octanol–water partition coefficient (Wildman–Crippen LogP) is 3.89. The molecule has 1 atom stereocenters. The smallest absolute Gasteiger partial charge is 0.0624 e. The molecule has 3 aromatic carbocycles. The fourth-order valence-corrected chi connectivity index (χ4v) is 8.29. The summed E-state index contributed by atoms with van der Waals surface area (Å²) in [5.74, 6) is 0.546. The zero-order chi connectivity index (χ0) is 16.0. The van der Waals surface area contributed by atoms with Crippen LogP contribution in [0.5, 0.6) is 0 Å². The van der Waals surface area contributed by atoms with Crippen molar-refractivity contribution in [3.63, 3.8) is 0 Å². The van der Waals surface area contributed by atoms with Crippen LogP contribution in [0.1, 0.15) is 25.3 Å². The molecule has 0 nitrogen and oxygen atoms in total. The lowest BCUT2D eigenvalue weighted by molar-refractivity contribution is 0.870. The van der Waals surface area contributed by atoms with Gasteiger partial charge in [-0.25, -0.2) is 0 Å². The van der Waals surface area contributed by atoms with Crippen molar-refractivity contribution in [1.82, 2.24) is 0 Å². The number of hydrogen-bond donors (Lipinski definition) is 0. The van der Waals surface area contributed by atoms with Crippen LogP contribution in [0.3, 0.4) is 0 Å². The summed E-state index contributed by atoms with van der Waals surface area (Å²) in [5, 5.41) is 4.65. The molecule has 1 aliphatic heterocycles. The largest absolute Gasteiger partial charge is 0.147 e. The second-order valence-corrected chi connectivity index (χ2v) is 10.9. The Labute approximate surface area is 139 Å². The van der Waals surface area contributed by atoms with E-state index in [1.165, 1.54) is 21.9 Å². The lowest BCUT2D eigenvalue weighted by atomic mass is 9.93. The van der Waals surface area contributed by atoms with Gasteiger partial charge in [0.15, 0.2) is 0 Å². The van der Waals surface area contributed by atoms with Crippen molar-refractivity contribution in [2.24, 2.45) is 0 Å². The number of benzene rings is 3. The standard InChI is InChI=1S/C22H22Si/c1-16(2)18-13-9-15-21-22(18)19-12-7-8-14-20(19)23(21,3)17-10-5-4-6-11-17/h4-16H,1-3H3. The average molecular weight is 315 g/mol. The molecule has 0 saturated heterocycles. The third kappa shape index (κ3) is 1.96. The monoisotopic (exact) mass is 314 g/mol. The second-order valence-electron chi connectivity index (χ2n) is 6.96. The van der Waals surface area contributed by atoms with Crippen molar-refractivity contribution in [1.29, 1.82) is 0 Å². The topological polar surface area (TPSA) is 0 Å². The van der Waals surface area contributed by atoms with Crippen molar-refractivity contribution in [3.8, 4) is 11.1 Å². The minimum absolute atomic E-state index is 0.546. The molecular weight excluding hydrogens is 292 g/mol. The Hall–Kier alpha value is -2.12. The van der Waals surface area contributed by atoms with Crippen LogP contribution in [0.15, 0.2) is 72.8 Å². The Kier molecular flexibility index (Phi) is 3.28. The first kappa shape index (κ1) is 14.5. The van der Waals surface area contributed by atoms with Gasteiger partial charge in [0, 0.05) is 0 Å². The van der Waals surface area contributed by atoms with Gasteiger partial charge in [-0.3, -0.25) is 0 Å². The van der Waals surface area contributed by atoms with E-state index < -0.39 is 8.07 Å².